The largest absolute Gasteiger partial charge is 0.478 e. The molecule has 0 heterocycles. The van der Waals surface area contributed by atoms with Crippen LogP contribution in [-0.4, -0.2) is 36.2 Å². The van der Waals surface area contributed by atoms with E-state index >= 15 is 0 Å². The normalized spacial score (nSPS) is 13.4. The van der Waals surface area contributed by atoms with E-state index in [1.165, 1.54) is 24.3 Å². The number of esters is 1. The van der Waals surface area contributed by atoms with Crippen molar-refractivity contribution in [2.45, 2.75) is 46.2 Å². The molecule has 1 aromatic carbocycles. The standard InChI is InChI=1S/C16H22O6/c1-4-5-9-20-11(2)21-12(3)22-16(19)14-8-6-7-13(10-14)15(17)18/h6-8,10-12H,4-5,9H2,1-3H3,(H,17,18). The zero-order valence-corrected chi connectivity index (χ0v) is 13.1. The number of benzene rings is 1. The summed E-state index contributed by atoms with van der Waals surface area (Å²) in [7, 11) is 0. The number of rotatable bonds is 9. The van der Waals surface area contributed by atoms with Gasteiger partial charge < -0.3 is 19.3 Å². The smallest absolute Gasteiger partial charge is 0.340 e. The van der Waals surface area contributed by atoms with Crippen LogP contribution in [0.25, 0.3) is 0 Å². The minimum atomic E-state index is -1.10. The highest BCUT2D eigenvalue weighted by Crippen LogP contribution is 2.10. The van der Waals surface area contributed by atoms with Gasteiger partial charge in [-0.15, -0.1) is 0 Å². The van der Waals surface area contributed by atoms with E-state index in [9.17, 15) is 9.59 Å². The summed E-state index contributed by atoms with van der Waals surface area (Å²) in [6.07, 6.45) is 0.679. The second-order valence-corrected chi connectivity index (χ2v) is 4.79. The van der Waals surface area contributed by atoms with Crippen molar-refractivity contribution in [1.82, 2.24) is 0 Å². The molecule has 0 spiro atoms. The number of carbonyl (C=O) groups excluding carboxylic acids is 1. The van der Waals surface area contributed by atoms with E-state index in [1.807, 2.05) is 0 Å². The number of hydrogen-bond donors (Lipinski definition) is 1. The highest BCUT2D eigenvalue weighted by Gasteiger charge is 2.16. The quantitative estimate of drug-likeness (QED) is 0.429. The van der Waals surface area contributed by atoms with E-state index < -0.39 is 24.5 Å². The maximum atomic E-state index is 11.9. The number of ether oxygens (including phenoxy) is 3. The average molecular weight is 310 g/mol. The van der Waals surface area contributed by atoms with Crippen molar-refractivity contribution in [3.05, 3.63) is 35.4 Å². The molecule has 0 aliphatic carbocycles. The third-order valence-corrected chi connectivity index (χ3v) is 2.85. The molecule has 0 radical (unpaired) electrons. The highest BCUT2D eigenvalue weighted by molar-refractivity contribution is 5.94. The zero-order valence-electron chi connectivity index (χ0n) is 13.1. The Morgan fingerprint density at radius 2 is 1.86 bits per heavy atom. The van der Waals surface area contributed by atoms with Gasteiger partial charge in [0, 0.05) is 6.61 Å². The summed E-state index contributed by atoms with van der Waals surface area (Å²) in [6.45, 7) is 5.95. The lowest BCUT2D eigenvalue weighted by Crippen LogP contribution is -2.25. The van der Waals surface area contributed by atoms with Crippen LogP contribution in [0, 0.1) is 0 Å². The highest BCUT2D eigenvalue weighted by atomic mass is 16.8. The van der Waals surface area contributed by atoms with Gasteiger partial charge in [0.1, 0.15) is 0 Å². The van der Waals surface area contributed by atoms with Gasteiger partial charge >= 0.3 is 11.9 Å². The van der Waals surface area contributed by atoms with Crippen LogP contribution in [0.15, 0.2) is 24.3 Å². The number of aromatic carboxylic acids is 1. The molecule has 0 aliphatic heterocycles. The minimum Gasteiger partial charge on any atom is -0.478 e. The Labute approximate surface area is 130 Å². The zero-order chi connectivity index (χ0) is 16.5. The lowest BCUT2D eigenvalue weighted by Gasteiger charge is -2.19. The van der Waals surface area contributed by atoms with Crippen LogP contribution in [0.1, 0.15) is 54.3 Å². The molecule has 1 rings (SSSR count). The third-order valence-electron chi connectivity index (χ3n) is 2.85. The number of unbranched alkanes of at least 4 members (excludes halogenated alkanes) is 1. The number of hydrogen-bond acceptors (Lipinski definition) is 5. The van der Waals surface area contributed by atoms with E-state index in [4.69, 9.17) is 19.3 Å². The van der Waals surface area contributed by atoms with Gasteiger partial charge in [0.05, 0.1) is 11.1 Å². The topological polar surface area (TPSA) is 82.1 Å². The van der Waals surface area contributed by atoms with Gasteiger partial charge in [-0.1, -0.05) is 19.4 Å². The van der Waals surface area contributed by atoms with Gasteiger partial charge in [0.15, 0.2) is 6.29 Å². The molecule has 0 aliphatic rings. The van der Waals surface area contributed by atoms with Crippen molar-refractivity contribution in [3.8, 4) is 0 Å². The monoisotopic (exact) mass is 310 g/mol. The molecule has 0 fully saturated rings. The Bertz CT molecular complexity index is 499. The van der Waals surface area contributed by atoms with E-state index in [0.717, 1.165) is 12.8 Å². The molecule has 22 heavy (non-hydrogen) atoms. The summed E-state index contributed by atoms with van der Waals surface area (Å²) < 4.78 is 15.9. The Hall–Kier alpha value is -1.92. The van der Waals surface area contributed by atoms with Crippen molar-refractivity contribution >= 4 is 11.9 Å². The summed E-state index contributed by atoms with van der Waals surface area (Å²) in [4.78, 5) is 22.8. The van der Waals surface area contributed by atoms with Crippen LogP contribution in [0.4, 0.5) is 0 Å². The van der Waals surface area contributed by atoms with Gasteiger partial charge in [-0.2, -0.15) is 0 Å². The van der Waals surface area contributed by atoms with Crippen LogP contribution >= 0.6 is 0 Å². The van der Waals surface area contributed by atoms with Gasteiger partial charge in [-0.05, 0) is 38.5 Å². The molecule has 1 aromatic rings. The van der Waals surface area contributed by atoms with Gasteiger partial charge in [0.25, 0.3) is 0 Å². The summed E-state index contributed by atoms with van der Waals surface area (Å²) in [5.41, 5.74) is 0.189. The molecule has 0 saturated heterocycles. The third kappa shape index (κ3) is 6.24. The Morgan fingerprint density at radius 3 is 2.50 bits per heavy atom. The van der Waals surface area contributed by atoms with Crippen molar-refractivity contribution in [3.63, 3.8) is 0 Å². The average Bonchev–Trinajstić information content (AvgIpc) is 2.47. The first-order chi connectivity index (χ1) is 10.4. The first-order valence-corrected chi connectivity index (χ1v) is 7.25. The van der Waals surface area contributed by atoms with Crippen LogP contribution in [0.5, 0.6) is 0 Å². The minimum absolute atomic E-state index is 0.0271. The molecule has 2 unspecified atom stereocenters. The van der Waals surface area contributed by atoms with Crippen molar-refractivity contribution in [1.29, 1.82) is 0 Å². The lowest BCUT2D eigenvalue weighted by atomic mass is 10.1. The molecule has 0 amide bonds. The van der Waals surface area contributed by atoms with E-state index in [0.29, 0.717) is 6.61 Å². The molecule has 2 atom stereocenters. The fourth-order valence-corrected chi connectivity index (χ4v) is 1.73. The summed E-state index contributed by atoms with van der Waals surface area (Å²) in [6, 6.07) is 5.64. The van der Waals surface area contributed by atoms with Crippen LogP contribution < -0.4 is 0 Å². The SMILES string of the molecule is CCCCOC(C)OC(C)OC(=O)c1cccc(C(=O)O)c1. The predicted molar refractivity (Wildman–Crippen MR) is 79.7 cm³/mol. The molecule has 6 nitrogen and oxygen atoms in total. The van der Waals surface area contributed by atoms with Crippen LogP contribution in [0.3, 0.4) is 0 Å². The molecule has 0 aromatic heterocycles. The fourth-order valence-electron chi connectivity index (χ4n) is 1.73. The number of carboxylic acid groups (broad SMARTS) is 1. The summed E-state index contributed by atoms with van der Waals surface area (Å²) in [5.74, 6) is -1.74. The number of carboxylic acids is 1. The first-order valence-electron chi connectivity index (χ1n) is 7.25. The maximum Gasteiger partial charge on any atom is 0.340 e. The number of carbonyl (C=O) groups is 2. The predicted octanol–water partition coefficient (Wildman–Crippen LogP) is 3.07. The summed E-state index contributed by atoms with van der Waals surface area (Å²) >= 11 is 0. The molecule has 0 saturated carbocycles. The Balaban J connectivity index is 2.50. The van der Waals surface area contributed by atoms with Gasteiger partial charge in [-0.3, -0.25) is 0 Å². The van der Waals surface area contributed by atoms with Gasteiger partial charge in [0.2, 0.25) is 6.29 Å². The second-order valence-electron chi connectivity index (χ2n) is 4.79. The summed E-state index contributed by atoms with van der Waals surface area (Å²) in [5, 5.41) is 8.90. The first kappa shape index (κ1) is 18.1. The lowest BCUT2D eigenvalue weighted by molar-refractivity contribution is -0.213. The van der Waals surface area contributed by atoms with Crippen LogP contribution in [-0.2, 0) is 14.2 Å². The molecular weight excluding hydrogens is 288 g/mol. The fraction of sp³-hybridized carbons (Fsp3) is 0.500. The van der Waals surface area contributed by atoms with E-state index in [-0.39, 0.29) is 11.1 Å². The second kappa shape index (κ2) is 9.17. The Kier molecular flexibility index (Phi) is 7.56. The Morgan fingerprint density at radius 1 is 1.18 bits per heavy atom. The molecular formula is C16H22O6. The molecule has 6 heteroatoms. The molecule has 122 valence electrons. The van der Waals surface area contributed by atoms with E-state index in [1.54, 1.807) is 13.8 Å². The van der Waals surface area contributed by atoms with E-state index in [2.05, 4.69) is 6.92 Å². The maximum absolute atomic E-state index is 11.9. The van der Waals surface area contributed by atoms with Gasteiger partial charge in [-0.25, -0.2) is 9.59 Å². The van der Waals surface area contributed by atoms with Crippen molar-refractivity contribution in [2.75, 3.05) is 6.61 Å². The molecule has 0 bridgehead atoms. The molecule has 1 N–H and O–H groups in total. The van der Waals surface area contributed by atoms with Crippen molar-refractivity contribution in [2.24, 2.45) is 0 Å². The van der Waals surface area contributed by atoms with Crippen molar-refractivity contribution < 1.29 is 28.9 Å². The van der Waals surface area contributed by atoms with Crippen LogP contribution in [0.2, 0.25) is 0 Å².